The smallest absolute Gasteiger partial charge is 0.272 e. The van der Waals surface area contributed by atoms with E-state index in [4.69, 9.17) is 4.74 Å². The third kappa shape index (κ3) is 3.97. The number of hydrogen-bond acceptors (Lipinski definition) is 3. The summed E-state index contributed by atoms with van der Waals surface area (Å²) in [6.45, 7) is 4.36. The van der Waals surface area contributed by atoms with Gasteiger partial charge in [0.25, 0.3) is 5.91 Å². The fourth-order valence-electron chi connectivity index (χ4n) is 2.46. The number of aromatic nitrogens is 1. The zero-order valence-corrected chi connectivity index (χ0v) is 13.7. The van der Waals surface area contributed by atoms with E-state index < -0.39 is 0 Å². The van der Waals surface area contributed by atoms with E-state index in [0.717, 1.165) is 43.0 Å². The van der Waals surface area contributed by atoms with Gasteiger partial charge < -0.3 is 15.0 Å². The molecule has 2 aromatic rings. The van der Waals surface area contributed by atoms with Gasteiger partial charge in [-0.3, -0.25) is 9.69 Å². The van der Waals surface area contributed by atoms with Crippen LogP contribution >= 0.6 is 15.9 Å². The number of rotatable bonds is 4. The molecule has 1 aliphatic rings. The minimum absolute atomic E-state index is 0.144. The van der Waals surface area contributed by atoms with Crippen molar-refractivity contribution in [2.45, 2.75) is 6.54 Å². The van der Waals surface area contributed by atoms with Crippen molar-refractivity contribution < 1.29 is 9.53 Å². The molecule has 2 heterocycles. The van der Waals surface area contributed by atoms with Gasteiger partial charge in [0.1, 0.15) is 5.69 Å². The maximum absolute atomic E-state index is 12.1. The Morgan fingerprint density at radius 2 is 2.14 bits per heavy atom. The number of halogens is 1. The topological polar surface area (TPSA) is 57.4 Å². The lowest BCUT2D eigenvalue weighted by atomic mass is 10.1. The monoisotopic (exact) mass is 363 g/mol. The second-order valence-electron chi connectivity index (χ2n) is 5.27. The minimum atomic E-state index is -0.144. The molecule has 5 nitrogen and oxygen atoms in total. The van der Waals surface area contributed by atoms with Gasteiger partial charge in [-0.15, -0.1) is 0 Å². The second kappa shape index (κ2) is 7.09. The Morgan fingerprint density at radius 1 is 1.32 bits per heavy atom. The molecule has 22 heavy (non-hydrogen) atoms. The van der Waals surface area contributed by atoms with Crippen LogP contribution < -0.4 is 5.32 Å². The molecular formula is C16H18BrN3O2. The molecule has 0 radical (unpaired) electrons. The number of hydrogen-bond donors (Lipinski definition) is 2. The Labute approximate surface area is 137 Å². The summed E-state index contributed by atoms with van der Waals surface area (Å²) in [6.07, 6.45) is 1.74. The summed E-state index contributed by atoms with van der Waals surface area (Å²) in [5.74, 6) is -0.144. The number of aromatic amines is 1. The second-order valence-corrected chi connectivity index (χ2v) is 6.19. The zero-order valence-electron chi connectivity index (χ0n) is 12.1. The van der Waals surface area contributed by atoms with Gasteiger partial charge in [0, 0.05) is 36.0 Å². The average Bonchev–Trinajstić information content (AvgIpc) is 2.95. The summed E-state index contributed by atoms with van der Waals surface area (Å²) >= 11 is 3.33. The number of ether oxygens (including phenoxy) is 1. The van der Waals surface area contributed by atoms with Crippen LogP contribution in [0.3, 0.4) is 0 Å². The van der Waals surface area contributed by atoms with E-state index in [9.17, 15) is 4.79 Å². The Bertz CT molecular complexity index is 650. The number of nitrogens with zero attached hydrogens (tertiary/aromatic N) is 1. The first-order chi connectivity index (χ1) is 10.7. The van der Waals surface area contributed by atoms with Crippen molar-refractivity contribution >= 4 is 27.5 Å². The van der Waals surface area contributed by atoms with E-state index in [2.05, 4.69) is 37.2 Å². The standard InChI is InChI=1S/C16H18BrN3O2/c17-13-9-15(18-10-13)16(21)19-14-3-1-2-12(8-14)11-20-4-6-22-7-5-20/h1-3,8-10,18H,4-7,11H2,(H,19,21). The highest BCUT2D eigenvalue weighted by molar-refractivity contribution is 9.10. The number of morpholine rings is 1. The molecule has 0 bridgehead atoms. The van der Waals surface area contributed by atoms with Crippen LogP contribution in [-0.2, 0) is 11.3 Å². The van der Waals surface area contributed by atoms with Crippen LogP contribution in [0.15, 0.2) is 41.0 Å². The van der Waals surface area contributed by atoms with E-state index in [1.54, 1.807) is 12.3 Å². The van der Waals surface area contributed by atoms with E-state index in [1.165, 1.54) is 5.56 Å². The number of amides is 1. The summed E-state index contributed by atoms with van der Waals surface area (Å²) in [5.41, 5.74) is 2.53. The van der Waals surface area contributed by atoms with Crippen LogP contribution in [0.1, 0.15) is 16.1 Å². The maximum Gasteiger partial charge on any atom is 0.272 e. The summed E-state index contributed by atoms with van der Waals surface area (Å²) in [4.78, 5) is 17.4. The molecule has 1 aromatic heterocycles. The van der Waals surface area contributed by atoms with E-state index >= 15 is 0 Å². The predicted molar refractivity (Wildman–Crippen MR) is 89.0 cm³/mol. The summed E-state index contributed by atoms with van der Waals surface area (Å²) in [7, 11) is 0. The van der Waals surface area contributed by atoms with Crippen molar-refractivity contribution in [2.75, 3.05) is 31.6 Å². The van der Waals surface area contributed by atoms with E-state index in [-0.39, 0.29) is 5.91 Å². The quantitative estimate of drug-likeness (QED) is 0.877. The average molecular weight is 364 g/mol. The van der Waals surface area contributed by atoms with Crippen molar-refractivity contribution in [1.29, 1.82) is 0 Å². The lowest BCUT2D eigenvalue weighted by Crippen LogP contribution is -2.35. The van der Waals surface area contributed by atoms with Gasteiger partial charge in [-0.05, 0) is 39.7 Å². The zero-order chi connectivity index (χ0) is 15.4. The number of nitrogens with one attached hydrogen (secondary N) is 2. The number of H-pyrrole nitrogens is 1. The van der Waals surface area contributed by atoms with Crippen LogP contribution in [0, 0.1) is 0 Å². The molecule has 0 aliphatic carbocycles. The lowest BCUT2D eigenvalue weighted by molar-refractivity contribution is 0.0342. The van der Waals surface area contributed by atoms with Crippen molar-refractivity contribution in [3.05, 3.63) is 52.3 Å². The van der Waals surface area contributed by atoms with Crippen molar-refractivity contribution in [3.63, 3.8) is 0 Å². The number of benzene rings is 1. The Morgan fingerprint density at radius 3 is 2.86 bits per heavy atom. The minimum Gasteiger partial charge on any atom is -0.379 e. The van der Waals surface area contributed by atoms with Crippen LogP contribution in [-0.4, -0.2) is 42.1 Å². The molecule has 1 amide bonds. The fraction of sp³-hybridized carbons (Fsp3) is 0.312. The molecule has 116 valence electrons. The van der Waals surface area contributed by atoms with Crippen LogP contribution in [0.4, 0.5) is 5.69 Å². The molecule has 1 aliphatic heterocycles. The number of carbonyl (C=O) groups excluding carboxylic acids is 1. The van der Waals surface area contributed by atoms with Crippen LogP contribution in [0.2, 0.25) is 0 Å². The van der Waals surface area contributed by atoms with Gasteiger partial charge in [0.15, 0.2) is 0 Å². The Balaban J connectivity index is 1.64. The van der Waals surface area contributed by atoms with Crippen LogP contribution in [0.25, 0.3) is 0 Å². The van der Waals surface area contributed by atoms with Crippen molar-refractivity contribution in [2.24, 2.45) is 0 Å². The van der Waals surface area contributed by atoms with Crippen molar-refractivity contribution in [1.82, 2.24) is 9.88 Å². The molecule has 3 rings (SSSR count). The third-order valence-electron chi connectivity index (χ3n) is 3.59. The molecular weight excluding hydrogens is 346 g/mol. The third-order valence-corrected chi connectivity index (χ3v) is 4.04. The number of anilines is 1. The first kappa shape index (κ1) is 15.3. The summed E-state index contributed by atoms with van der Waals surface area (Å²) in [6, 6.07) is 9.73. The van der Waals surface area contributed by atoms with Gasteiger partial charge in [-0.25, -0.2) is 0 Å². The number of carbonyl (C=O) groups is 1. The SMILES string of the molecule is O=C(Nc1cccc(CN2CCOCC2)c1)c1cc(Br)c[nH]1. The highest BCUT2D eigenvalue weighted by Gasteiger charge is 2.12. The molecule has 1 aromatic carbocycles. The Kier molecular flexibility index (Phi) is 4.92. The highest BCUT2D eigenvalue weighted by Crippen LogP contribution is 2.16. The first-order valence-electron chi connectivity index (χ1n) is 7.25. The molecule has 1 fully saturated rings. The molecule has 1 saturated heterocycles. The highest BCUT2D eigenvalue weighted by atomic mass is 79.9. The Hall–Kier alpha value is -1.63. The first-order valence-corrected chi connectivity index (χ1v) is 8.04. The van der Waals surface area contributed by atoms with Gasteiger partial charge in [-0.2, -0.15) is 0 Å². The van der Waals surface area contributed by atoms with E-state index in [1.807, 2.05) is 18.2 Å². The molecule has 0 spiro atoms. The molecule has 0 saturated carbocycles. The van der Waals surface area contributed by atoms with Crippen molar-refractivity contribution in [3.8, 4) is 0 Å². The normalized spacial score (nSPS) is 15.7. The maximum atomic E-state index is 12.1. The summed E-state index contributed by atoms with van der Waals surface area (Å²) < 4.78 is 6.22. The largest absolute Gasteiger partial charge is 0.379 e. The van der Waals surface area contributed by atoms with Gasteiger partial charge in [0.05, 0.1) is 13.2 Å². The van der Waals surface area contributed by atoms with Crippen LogP contribution in [0.5, 0.6) is 0 Å². The van der Waals surface area contributed by atoms with Gasteiger partial charge >= 0.3 is 0 Å². The lowest BCUT2D eigenvalue weighted by Gasteiger charge is -2.26. The van der Waals surface area contributed by atoms with Gasteiger partial charge in [-0.1, -0.05) is 12.1 Å². The fourth-order valence-corrected chi connectivity index (χ4v) is 2.81. The molecule has 2 N–H and O–H groups in total. The van der Waals surface area contributed by atoms with Gasteiger partial charge in [0.2, 0.25) is 0 Å². The molecule has 6 heteroatoms. The van der Waals surface area contributed by atoms with E-state index in [0.29, 0.717) is 5.69 Å². The molecule has 0 unspecified atom stereocenters. The summed E-state index contributed by atoms with van der Waals surface area (Å²) in [5, 5.41) is 2.91. The predicted octanol–water partition coefficient (Wildman–Crippen LogP) is 2.86. The molecule has 0 atom stereocenters.